The van der Waals surface area contributed by atoms with Crippen molar-refractivity contribution in [3.05, 3.63) is 88.5 Å². The van der Waals surface area contributed by atoms with Crippen LogP contribution in [0.3, 0.4) is 0 Å². The van der Waals surface area contributed by atoms with Crippen molar-refractivity contribution in [3.8, 4) is 22.6 Å². The molecule has 0 radical (unpaired) electrons. The van der Waals surface area contributed by atoms with Crippen LogP contribution in [0.5, 0.6) is 11.5 Å². The fourth-order valence-electron chi connectivity index (χ4n) is 4.52. The minimum absolute atomic E-state index is 0.0664. The van der Waals surface area contributed by atoms with Crippen LogP contribution in [0.15, 0.2) is 48.5 Å². The van der Waals surface area contributed by atoms with Crippen LogP contribution in [0.2, 0.25) is 0 Å². The molecule has 170 valence electrons. The second-order valence-corrected chi connectivity index (χ2v) is 8.51. The zero-order chi connectivity index (χ0) is 23.1. The van der Waals surface area contributed by atoms with Crippen LogP contribution in [0, 0.1) is 29.2 Å². The summed E-state index contributed by atoms with van der Waals surface area (Å²) >= 11 is 0. The lowest BCUT2D eigenvalue weighted by atomic mass is 9.93. The van der Waals surface area contributed by atoms with Crippen molar-refractivity contribution in [2.75, 3.05) is 6.61 Å². The first-order chi connectivity index (χ1) is 16.0. The van der Waals surface area contributed by atoms with Gasteiger partial charge in [-0.2, -0.15) is 4.39 Å². The number of rotatable bonds is 4. The molecule has 3 aromatic carbocycles. The van der Waals surface area contributed by atoms with Gasteiger partial charge in [0.15, 0.2) is 23.1 Å². The van der Waals surface area contributed by atoms with Crippen LogP contribution in [0.1, 0.15) is 42.9 Å². The summed E-state index contributed by atoms with van der Waals surface area (Å²) in [6.45, 7) is 2.70. The Bertz CT molecular complexity index is 1270. The Morgan fingerprint density at radius 2 is 1.73 bits per heavy atom. The predicted molar refractivity (Wildman–Crippen MR) is 118 cm³/mol. The molecule has 0 amide bonds. The highest BCUT2D eigenvalue weighted by atomic mass is 19.2. The standard InChI is InChI=1S/C27H22F4O2/c1-2-4-15-7-10-23(32-14-15)16-8-9-19(22(29)13-16)20-12-18-11-17-5-3-6-21(28)26(17)33-27(18)25(31)24(20)30/h3,5-6,8-10,12-13,15H,2,4,7,11,14H2,1H3. The average molecular weight is 454 g/mol. The quantitative estimate of drug-likeness (QED) is 0.293. The molecule has 0 spiro atoms. The van der Waals surface area contributed by atoms with Crippen LogP contribution in [0.4, 0.5) is 17.6 Å². The Kier molecular flexibility index (Phi) is 5.60. The van der Waals surface area contributed by atoms with Gasteiger partial charge in [-0.15, -0.1) is 0 Å². The van der Waals surface area contributed by atoms with Crippen LogP contribution < -0.4 is 4.74 Å². The molecule has 33 heavy (non-hydrogen) atoms. The predicted octanol–water partition coefficient (Wildman–Crippen LogP) is 7.78. The first-order valence-corrected chi connectivity index (χ1v) is 11.1. The Morgan fingerprint density at radius 1 is 0.879 bits per heavy atom. The Balaban J connectivity index is 1.48. The van der Waals surface area contributed by atoms with Crippen molar-refractivity contribution in [1.82, 2.24) is 0 Å². The van der Waals surface area contributed by atoms with Gasteiger partial charge in [0.1, 0.15) is 11.6 Å². The van der Waals surface area contributed by atoms with Gasteiger partial charge in [0.05, 0.1) is 6.61 Å². The molecule has 2 nitrogen and oxygen atoms in total. The van der Waals surface area contributed by atoms with Gasteiger partial charge in [0.2, 0.25) is 5.82 Å². The van der Waals surface area contributed by atoms with Crippen molar-refractivity contribution < 1.29 is 27.0 Å². The van der Waals surface area contributed by atoms with E-state index < -0.39 is 23.3 Å². The van der Waals surface area contributed by atoms with E-state index in [2.05, 4.69) is 6.92 Å². The minimum atomic E-state index is -1.26. The van der Waals surface area contributed by atoms with E-state index in [0.717, 1.165) is 19.3 Å². The average Bonchev–Trinajstić information content (AvgIpc) is 2.82. The number of hydrogen-bond acceptors (Lipinski definition) is 2. The fraction of sp³-hybridized carbons (Fsp3) is 0.259. The highest BCUT2D eigenvalue weighted by Gasteiger charge is 2.28. The van der Waals surface area contributed by atoms with Gasteiger partial charge in [-0.05, 0) is 43.0 Å². The van der Waals surface area contributed by atoms with E-state index in [1.807, 2.05) is 6.08 Å². The number of allylic oxidation sites excluding steroid dienone is 1. The maximum absolute atomic E-state index is 15.1. The second-order valence-electron chi connectivity index (χ2n) is 8.51. The minimum Gasteiger partial charge on any atom is -0.493 e. The molecular formula is C27H22F4O2. The molecule has 3 aromatic rings. The van der Waals surface area contributed by atoms with Crippen molar-refractivity contribution in [1.29, 1.82) is 0 Å². The number of para-hydroxylation sites is 1. The normalized spacial score (nSPS) is 16.9. The number of benzene rings is 3. The van der Waals surface area contributed by atoms with Gasteiger partial charge in [-0.3, -0.25) is 0 Å². The van der Waals surface area contributed by atoms with E-state index in [1.54, 1.807) is 12.1 Å². The van der Waals surface area contributed by atoms with Gasteiger partial charge < -0.3 is 9.47 Å². The molecule has 0 fully saturated rings. The molecule has 6 heteroatoms. The summed E-state index contributed by atoms with van der Waals surface area (Å²) in [5, 5.41) is 0. The van der Waals surface area contributed by atoms with E-state index in [0.29, 0.717) is 35.0 Å². The van der Waals surface area contributed by atoms with Gasteiger partial charge in [-0.25, -0.2) is 13.2 Å². The number of hydrogen-bond donors (Lipinski definition) is 0. The summed E-state index contributed by atoms with van der Waals surface area (Å²) in [5.74, 6) is -3.27. The zero-order valence-corrected chi connectivity index (χ0v) is 18.1. The van der Waals surface area contributed by atoms with Crippen molar-refractivity contribution >= 4 is 5.76 Å². The third kappa shape index (κ3) is 3.88. The van der Waals surface area contributed by atoms with E-state index in [9.17, 15) is 13.2 Å². The Labute approximate surface area is 189 Å². The lowest BCUT2D eigenvalue weighted by Crippen LogP contribution is -2.13. The van der Waals surface area contributed by atoms with E-state index in [1.165, 1.54) is 30.3 Å². The summed E-state index contributed by atoms with van der Waals surface area (Å²) in [5.41, 5.74) is 1.12. The second kappa shape index (κ2) is 8.58. The van der Waals surface area contributed by atoms with Gasteiger partial charge in [0.25, 0.3) is 0 Å². The smallest absolute Gasteiger partial charge is 0.202 e. The summed E-state index contributed by atoms with van der Waals surface area (Å²) in [4.78, 5) is 0. The third-order valence-corrected chi connectivity index (χ3v) is 6.22. The van der Waals surface area contributed by atoms with Gasteiger partial charge in [0, 0.05) is 34.2 Å². The maximum atomic E-state index is 15.1. The van der Waals surface area contributed by atoms with Crippen LogP contribution in [-0.2, 0) is 11.2 Å². The number of halogens is 4. The van der Waals surface area contributed by atoms with E-state index >= 15 is 4.39 Å². The molecule has 1 unspecified atom stereocenters. The first kappa shape index (κ1) is 21.6. The Hall–Kier alpha value is -3.28. The largest absolute Gasteiger partial charge is 0.493 e. The zero-order valence-electron chi connectivity index (χ0n) is 18.1. The first-order valence-electron chi connectivity index (χ1n) is 11.1. The fourth-order valence-corrected chi connectivity index (χ4v) is 4.52. The topological polar surface area (TPSA) is 18.5 Å². The lowest BCUT2D eigenvalue weighted by Gasteiger charge is -2.23. The SMILES string of the molecule is CCCC1CC=C(c2ccc(-c3cc4c(c(F)c3F)Oc3c(F)cccc3C4)c(F)c2)OC1. The molecule has 0 saturated carbocycles. The van der Waals surface area contributed by atoms with Crippen LogP contribution in [-0.4, -0.2) is 6.61 Å². The van der Waals surface area contributed by atoms with E-state index in [-0.39, 0.29) is 29.0 Å². The molecule has 0 bridgehead atoms. The highest BCUT2D eigenvalue weighted by molar-refractivity contribution is 5.72. The maximum Gasteiger partial charge on any atom is 0.202 e. The van der Waals surface area contributed by atoms with Crippen molar-refractivity contribution in [3.63, 3.8) is 0 Å². The summed E-state index contributed by atoms with van der Waals surface area (Å²) in [6, 6.07) is 10.1. The molecule has 2 aliphatic rings. The molecule has 0 N–H and O–H groups in total. The molecule has 0 saturated heterocycles. The molecule has 2 aliphatic heterocycles. The molecule has 5 rings (SSSR count). The van der Waals surface area contributed by atoms with E-state index in [4.69, 9.17) is 9.47 Å². The molecular weight excluding hydrogens is 432 g/mol. The van der Waals surface area contributed by atoms with Crippen molar-refractivity contribution in [2.45, 2.75) is 32.6 Å². The summed E-state index contributed by atoms with van der Waals surface area (Å²) in [6.07, 6.45) is 5.10. The number of fused-ring (bicyclic) bond motifs is 2. The molecule has 2 heterocycles. The lowest BCUT2D eigenvalue weighted by molar-refractivity contribution is 0.193. The molecule has 1 atom stereocenters. The molecule has 0 aromatic heterocycles. The van der Waals surface area contributed by atoms with Crippen LogP contribution >= 0.6 is 0 Å². The Morgan fingerprint density at radius 3 is 2.45 bits per heavy atom. The third-order valence-electron chi connectivity index (χ3n) is 6.22. The van der Waals surface area contributed by atoms with Gasteiger partial charge in [-0.1, -0.05) is 37.6 Å². The highest BCUT2D eigenvalue weighted by Crippen LogP contribution is 2.43. The van der Waals surface area contributed by atoms with Gasteiger partial charge >= 0.3 is 0 Å². The van der Waals surface area contributed by atoms with Crippen molar-refractivity contribution in [2.24, 2.45) is 5.92 Å². The molecule has 0 aliphatic carbocycles. The van der Waals surface area contributed by atoms with Crippen LogP contribution in [0.25, 0.3) is 16.9 Å². The summed E-state index contributed by atoms with van der Waals surface area (Å²) < 4.78 is 70.1. The number of ether oxygens (including phenoxy) is 2. The monoisotopic (exact) mass is 454 g/mol. The summed E-state index contributed by atoms with van der Waals surface area (Å²) in [7, 11) is 0.